The summed E-state index contributed by atoms with van der Waals surface area (Å²) < 4.78 is 5.81. The van der Waals surface area contributed by atoms with Gasteiger partial charge in [0.05, 0.1) is 10.7 Å². The Morgan fingerprint density at radius 2 is 2.00 bits per heavy atom. The van der Waals surface area contributed by atoms with E-state index in [9.17, 15) is 0 Å². The summed E-state index contributed by atoms with van der Waals surface area (Å²) >= 11 is 6.15. The van der Waals surface area contributed by atoms with Crippen LogP contribution in [0.3, 0.4) is 0 Å². The highest BCUT2D eigenvalue weighted by Crippen LogP contribution is 2.25. The van der Waals surface area contributed by atoms with Gasteiger partial charge in [0.2, 0.25) is 0 Å². The van der Waals surface area contributed by atoms with Crippen LogP contribution in [0.4, 0.5) is 5.82 Å². The zero-order valence-corrected chi connectivity index (χ0v) is 13.7. The van der Waals surface area contributed by atoms with Gasteiger partial charge in [0.25, 0.3) is 0 Å². The van der Waals surface area contributed by atoms with E-state index in [0.717, 1.165) is 17.3 Å². The highest BCUT2D eigenvalue weighted by molar-refractivity contribution is 6.31. The summed E-state index contributed by atoms with van der Waals surface area (Å²) in [7, 11) is 1.83. The Kier molecular flexibility index (Phi) is 5.07. The SMILES string of the molecule is CNc1ccc(Cl)c(COc2ccc(C(C)C)c(C)c2)n1. The molecule has 1 aromatic heterocycles. The average Bonchev–Trinajstić information content (AvgIpc) is 2.46. The maximum absolute atomic E-state index is 6.15. The number of rotatable bonds is 5. The number of ether oxygens (including phenoxy) is 1. The molecule has 1 heterocycles. The van der Waals surface area contributed by atoms with Crippen LogP contribution < -0.4 is 10.1 Å². The first-order chi connectivity index (χ1) is 10.0. The van der Waals surface area contributed by atoms with E-state index in [1.165, 1.54) is 11.1 Å². The van der Waals surface area contributed by atoms with E-state index in [1.807, 2.05) is 25.2 Å². The second-order valence-electron chi connectivity index (χ2n) is 5.34. The minimum Gasteiger partial charge on any atom is -0.487 e. The van der Waals surface area contributed by atoms with Crippen molar-refractivity contribution in [2.75, 3.05) is 12.4 Å². The van der Waals surface area contributed by atoms with Crippen molar-refractivity contribution < 1.29 is 4.74 Å². The first kappa shape index (κ1) is 15.6. The molecule has 4 heteroatoms. The maximum atomic E-state index is 6.15. The lowest BCUT2D eigenvalue weighted by molar-refractivity contribution is 0.301. The molecule has 0 saturated heterocycles. The lowest BCUT2D eigenvalue weighted by Gasteiger charge is -2.13. The topological polar surface area (TPSA) is 34.1 Å². The van der Waals surface area contributed by atoms with E-state index in [-0.39, 0.29) is 0 Å². The fourth-order valence-corrected chi connectivity index (χ4v) is 2.42. The third-order valence-corrected chi connectivity index (χ3v) is 3.76. The Morgan fingerprint density at radius 3 is 2.62 bits per heavy atom. The van der Waals surface area contributed by atoms with Gasteiger partial charge in [0.15, 0.2) is 0 Å². The molecule has 0 aliphatic heterocycles. The van der Waals surface area contributed by atoms with Crippen LogP contribution in [-0.4, -0.2) is 12.0 Å². The Bertz CT molecular complexity index is 626. The van der Waals surface area contributed by atoms with Crippen molar-refractivity contribution in [2.45, 2.75) is 33.3 Å². The molecule has 2 rings (SSSR count). The van der Waals surface area contributed by atoms with Crippen LogP contribution in [0.5, 0.6) is 5.75 Å². The summed E-state index contributed by atoms with van der Waals surface area (Å²) in [6.45, 7) is 6.84. The van der Waals surface area contributed by atoms with Gasteiger partial charge in [0, 0.05) is 7.05 Å². The fourth-order valence-electron chi connectivity index (χ4n) is 2.26. The molecular weight excluding hydrogens is 284 g/mol. The largest absolute Gasteiger partial charge is 0.487 e. The summed E-state index contributed by atoms with van der Waals surface area (Å²) in [4.78, 5) is 4.41. The number of nitrogens with zero attached hydrogens (tertiary/aromatic N) is 1. The molecule has 0 bridgehead atoms. The molecule has 112 valence electrons. The molecular formula is C17H21ClN2O. The van der Waals surface area contributed by atoms with Crippen molar-refractivity contribution >= 4 is 17.4 Å². The van der Waals surface area contributed by atoms with Crippen molar-refractivity contribution in [1.82, 2.24) is 4.98 Å². The summed E-state index contributed by atoms with van der Waals surface area (Å²) in [6, 6.07) is 9.84. The van der Waals surface area contributed by atoms with Gasteiger partial charge in [-0.25, -0.2) is 4.98 Å². The van der Waals surface area contributed by atoms with Crippen LogP contribution in [0, 0.1) is 6.92 Å². The lowest BCUT2D eigenvalue weighted by Crippen LogP contribution is -2.02. The summed E-state index contributed by atoms with van der Waals surface area (Å²) in [5, 5.41) is 3.61. The van der Waals surface area contributed by atoms with Gasteiger partial charge in [-0.05, 0) is 48.2 Å². The first-order valence-electron chi connectivity index (χ1n) is 7.07. The molecule has 1 aromatic carbocycles. The maximum Gasteiger partial charge on any atom is 0.132 e. The number of nitrogens with one attached hydrogen (secondary N) is 1. The van der Waals surface area contributed by atoms with E-state index < -0.39 is 0 Å². The van der Waals surface area contributed by atoms with Gasteiger partial charge in [-0.1, -0.05) is 31.5 Å². The predicted molar refractivity (Wildman–Crippen MR) is 88.4 cm³/mol. The second kappa shape index (κ2) is 6.81. The second-order valence-corrected chi connectivity index (χ2v) is 5.74. The van der Waals surface area contributed by atoms with Gasteiger partial charge in [-0.2, -0.15) is 0 Å². The zero-order valence-electron chi connectivity index (χ0n) is 12.9. The molecule has 0 aliphatic carbocycles. The summed E-state index contributed by atoms with van der Waals surface area (Å²) in [5.41, 5.74) is 3.32. The first-order valence-corrected chi connectivity index (χ1v) is 7.45. The molecule has 0 amide bonds. The van der Waals surface area contributed by atoms with Gasteiger partial charge in [-0.3, -0.25) is 0 Å². The van der Waals surface area contributed by atoms with Crippen LogP contribution in [0.1, 0.15) is 36.6 Å². The van der Waals surface area contributed by atoms with E-state index in [4.69, 9.17) is 16.3 Å². The van der Waals surface area contributed by atoms with Crippen molar-refractivity contribution in [2.24, 2.45) is 0 Å². The number of hydrogen-bond acceptors (Lipinski definition) is 3. The standard InChI is InChI=1S/C17H21ClN2O/c1-11(2)14-6-5-13(9-12(14)3)21-10-16-15(18)7-8-17(19-4)20-16/h5-9,11H,10H2,1-4H3,(H,19,20). The molecule has 0 saturated carbocycles. The van der Waals surface area contributed by atoms with Gasteiger partial charge in [-0.15, -0.1) is 0 Å². The highest BCUT2D eigenvalue weighted by atomic mass is 35.5. The number of anilines is 1. The summed E-state index contributed by atoms with van der Waals surface area (Å²) in [6.07, 6.45) is 0. The Hall–Kier alpha value is -1.74. The van der Waals surface area contributed by atoms with Crippen LogP contribution in [0.15, 0.2) is 30.3 Å². The molecule has 0 unspecified atom stereocenters. The Labute approximate surface area is 131 Å². The summed E-state index contributed by atoms with van der Waals surface area (Å²) in [5.74, 6) is 2.14. The molecule has 1 N–H and O–H groups in total. The van der Waals surface area contributed by atoms with Crippen molar-refractivity contribution in [3.05, 3.63) is 52.2 Å². The van der Waals surface area contributed by atoms with E-state index in [0.29, 0.717) is 17.5 Å². The smallest absolute Gasteiger partial charge is 0.132 e. The molecule has 0 aliphatic rings. The van der Waals surface area contributed by atoms with E-state index in [1.54, 1.807) is 0 Å². The number of aryl methyl sites for hydroxylation is 1. The number of benzene rings is 1. The Balaban J connectivity index is 2.11. The fraction of sp³-hybridized carbons (Fsp3) is 0.353. The van der Waals surface area contributed by atoms with Crippen LogP contribution >= 0.6 is 11.6 Å². The normalized spacial score (nSPS) is 10.8. The van der Waals surface area contributed by atoms with Crippen LogP contribution in [0.25, 0.3) is 0 Å². The van der Waals surface area contributed by atoms with Crippen molar-refractivity contribution in [1.29, 1.82) is 0 Å². The van der Waals surface area contributed by atoms with Crippen LogP contribution in [-0.2, 0) is 6.61 Å². The zero-order chi connectivity index (χ0) is 15.4. The average molecular weight is 305 g/mol. The third-order valence-electron chi connectivity index (χ3n) is 3.41. The molecule has 0 radical (unpaired) electrons. The molecule has 0 fully saturated rings. The number of aromatic nitrogens is 1. The monoisotopic (exact) mass is 304 g/mol. The number of hydrogen-bond donors (Lipinski definition) is 1. The molecule has 0 atom stereocenters. The molecule has 3 nitrogen and oxygen atoms in total. The predicted octanol–water partition coefficient (Wildman–Crippen LogP) is 4.79. The van der Waals surface area contributed by atoms with Crippen LogP contribution in [0.2, 0.25) is 5.02 Å². The molecule has 0 spiro atoms. The number of pyridine rings is 1. The van der Waals surface area contributed by atoms with E-state index >= 15 is 0 Å². The number of halogens is 1. The quantitative estimate of drug-likeness (QED) is 0.862. The molecule has 2 aromatic rings. The van der Waals surface area contributed by atoms with E-state index in [2.05, 4.69) is 43.2 Å². The Morgan fingerprint density at radius 1 is 1.24 bits per heavy atom. The third kappa shape index (κ3) is 3.88. The molecule has 21 heavy (non-hydrogen) atoms. The lowest BCUT2D eigenvalue weighted by atomic mass is 9.98. The van der Waals surface area contributed by atoms with Gasteiger partial charge in [0.1, 0.15) is 18.2 Å². The van der Waals surface area contributed by atoms with Gasteiger partial charge < -0.3 is 10.1 Å². The minimum atomic E-state index is 0.356. The van der Waals surface area contributed by atoms with Crippen molar-refractivity contribution in [3.63, 3.8) is 0 Å². The highest BCUT2D eigenvalue weighted by Gasteiger charge is 2.07. The van der Waals surface area contributed by atoms with Gasteiger partial charge >= 0.3 is 0 Å². The minimum absolute atomic E-state index is 0.356. The van der Waals surface area contributed by atoms with Crippen molar-refractivity contribution in [3.8, 4) is 5.75 Å².